The van der Waals surface area contributed by atoms with Crippen LogP contribution in [0.3, 0.4) is 0 Å². The summed E-state index contributed by atoms with van der Waals surface area (Å²) < 4.78 is 0. The van der Waals surface area contributed by atoms with Crippen LogP contribution in [0, 0.1) is 18.8 Å². The Morgan fingerprint density at radius 1 is 1.67 bits per heavy atom. The van der Waals surface area contributed by atoms with E-state index in [2.05, 4.69) is 16.8 Å². The van der Waals surface area contributed by atoms with Crippen LogP contribution >= 0.6 is 11.8 Å². The molecule has 0 radical (unpaired) electrons. The molecule has 1 aromatic rings. The maximum absolute atomic E-state index is 10.6. The molecule has 0 aromatic carbocycles. The smallest absolute Gasteiger partial charge is 0.186 e. The van der Waals surface area contributed by atoms with E-state index < -0.39 is 0 Å². The van der Waals surface area contributed by atoms with Crippen LogP contribution in [0.4, 0.5) is 5.82 Å². The maximum Gasteiger partial charge on any atom is 0.186 e. The average Bonchev–Trinajstić information content (AvgIpc) is 2.17. The monoisotopic (exact) mass is 220 g/mol. The zero-order chi connectivity index (χ0) is 11.3. The van der Waals surface area contributed by atoms with Crippen LogP contribution in [0.2, 0.25) is 0 Å². The SMILES string of the molecule is CC(=O)SCC#Cc1cc(C)cnc1N. The van der Waals surface area contributed by atoms with E-state index in [9.17, 15) is 4.79 Å². The molecule has 78 valence electrons. The molecule has 0 atom stereocenters. The summed E-state index contributed by atoms with van der Waals surface area (Å²) in [5, 5.41) is 0.0691. The van der Waals surface area contributed by atoms with Gasteiger partial charge in [-0.2, -0.15) is 0 Å². The molecule has 1 heterocycles. The number of aryl methyl sites for hydroxylation is 1. The standard InChI is InChI=1S/C11H12N2OS/c1-8-6-10(11(12)13-7-8)4-3-5-15-9(2)14/h6-7H,5H2,1-2H3,(H2,12,13). The first-order chi connectivity index (χ1) is 7.09. The van der Waals surface area contributed by atoms with Gasteiger partial charge in [-0.1, -0.05) is 23.6 Å². The molecule has 4 heteroatoms. The van der Waals surface area contributed by atoms with Crippen molar-refractivity contribution >= 4 is 22.7 Å². The van der Waals surface area contributed by atoms with Crippen LogP contribution in [0.25, 0.3) is 0 Å². The van der Waals surface area contributed by atoms with Gasteiger partial charge in [-0.25, -0.2) is 4.98 Å². The summed E-state index contributed by atoms with van der Waals surface area (Å²) in [6, 6.07) is 1.88. The Kier molecular flexibility index (Phi) is 4.19. The van der Waals surface area contributed by atoms with Crippen molar-refractivity contribution in [3.05, 3.63) is 23.4 Å². The lowest BCUT2D eigenvalue weighted by atomic mass is 10.2. The average molecular weight is 220 g/mol. The minimum Gasteiger partial charge on any atom is -0.383 e. The fourth-order valence-electron chi connectivity index (χ4n) is 0.949. The molecule has 3 nitrogen and oxygen atoms in total. The molecule has 1 rings (SSSR count). The van der Waals surface area contributed by atoms with E-state index in [0.717, 1.165) is 11.1 Å². The van der Waals surface area contributed by atoms with Gasteiger partial charge in [-0.05, 0) is 18.6 Å². The summed E-state index contributed by atoms with van der Waals surface area (Å²) >= 11 is 1.19. The van der Waals surface area contributed by atoms with Gasteiger partial charge in [0.05, 0.1) is 11.3 Å². The van der Waals surface area contributed by atoms with Crippen molar-refractivity contribution in [1.29, 1.82) is 0 Å². The van der Waals surface area contributed by atoms with Crippen molar-refractivity contribution in [1.82, 2.24) is 4.98 Å². The van der Waals surface area contributed by atoms with E-state index in [0.29, 0.717) is 11.6 Å². The van der Waals surface area contributed by atoms with Gasteiger partial charge in [0.25, 0.3) is 0 Å². The van der Waals surface area contributed by atoms with E-state index in [4.69, 9.17) is 5.73 Å². The van der Waals surface area contributed by atoms with Gasteiger partial charge in [0.2, 0.25) is 0 Å². The molecule has 1 aromatic heterocycles. The third kappa shape index (κ3) is 4.05. The highest BCUT2D eigenvalue weighted by molar-refractivity contribution is 8.13. The highest BCUT2D eigenvalue weighted by Gasteiger charge is 1.96. The second-order valence-corrected chi connectivity index (χ2v) is 4.18. The molecule has 15 heavy (non-hydrogen) atoms. The minimum atomic E-state index is 0.0691. The van der Waals surface area contributed by atoms with Crippen LogP contribution in [-0.2, 0) is 4.79 Å². The van der Waals surface area contributed by atoms with E-state index in [1.54, 1.807) is 6.20 Å². The number of hydrogen-bond acceptors (Lipinski definition) is 4. The fraction of sp³-hybridized carbons (Fsp3) is 0.273. The first kappa shape index (κ1) is 11.6. The summed E-state index contributed by atoms with van der Waals surface area (Å²) in [6.45, 7) is 3.46. The lowest BCUT2D eigenvalue weighted by Crippen LogP contribution is -1.94. The van der Waals surface area contributed by atoms with Crippen molar-refractivity contribution < 1.29 is 4.79 Å². The van der Waals surface area contributed by atoms with Gasteiger partial charge < -0.3 is 5.73 Å². The number of carbonyl (C=O) groups is 1. The number of aromatic nitrogens is 1. The van der Waals surface area contributed by atoms with Crippen LogP contribution < -0.4 is 5.73 Å². The molecule has 0 unspecified atom stereocenters. The quantitative estimate of drug-likeness (QED) is 0.730. The Bertz CT molecular complexity index is 432. The Balaban J connectivity index is 2.71. The third-order valence-electron chi connectivity index (χ3n) is 1.63. The van der Waals surface area contributed by atoms with Gasteiger partial charge in [-0.3, -0.25) is 4.79 Å². The van der Waals surface area contributed by atoms with Gasteiger partial charge in [-0.15, -0.1) is 0 Å². The molecular formula is C11H12N2OS. The molecule has 0 spiro atoms. The maximum atomic E-state index is 10.6. The van der Waals surface area contributed by atoms with Gasteiger partial charge >= 0.3 is 0 Å². The Morgan fingerprint density at radius 2 is 2.40 bits per heavy atom. The van der Waals surface area contributed by atoms with Gasteiger partial charge in [0, 0.05) is 13.1 Å². The molecule has 0 fully saturated rings. The molecule has 0 amide bonds. The second kappa shape index (κ2) is 5.42. The molecule has 0 aliphatic carbocycles. The number of carbonyl (C=O) groups excluding carboxylic acids is 1. The second-order valence-electron chi connectivity index (χ2n) is 3.03. The summed E-state index contributed by atoms with van der Waals surface area (Å²) in [4.78, 5) is 14.6. The highest BCUT2D eigenvalue weighted by atomic mass is 32.2. The topological polar surface area (TPSA) is 56.0 Å². The number of pyridine rings is 1. The van der Waals surface area contributed by atoms with E-state index in [1.807, 2.05) is 13.0 Å². The van der Waals surface area contributed by atoms with Crippen LogP contribution in [-0.4, -0.2) is 15.9 Å². The zero-order valence-corrected chi connectivity index (χ0v) is 9.52. The summed E-state index contributed by atoms with van der Waals surface area (Å²) in [5.41, 5.74) is 7.39. The summed E-state index contributed by atoms with van der Waals surface area (Å²) in [7, 11) is 0. The van der Waals surface area contributed by atoms with Gasteiger partial charge in [0.1, 0.15) is 5.82 Å². The van der Waals surface area contributed by atoms with Crippen molar-refractivity contribution in [3.8, 4) is 11.8 Å². The molecule has 2 N–H and O–H groups in total. The molecule has 0 aliphatic heterocycles. The molecule has 0 bridgehead atoms. The lowest BCUT2D eigenvalue weighted by molar-refractivity contribution is -0.109. The van der Waals surface area contributed by atoms with Crippen molar-refractivity contribution in [2.24, 2.45) is 0 Å². The van der Waals surface area contributed by atoms with Crippen molar-refractivity contribution in [2.45, 2.75) is 13.8 Å². The molecular weight excluding hydrogens is 208 g/mol. The predicted molar refractivity (Wildman–Crippen MR) is 63.4 cm³/mol. The summed E-state index contributed by atoms with van der Waals surface area (Å²) in [5.74, 6) is 6.69. The molecule has 0 saturated carbocycles. The Hall–Kier alpha value is -1.47. The number of anilines is 1. The van der Waals surface area contributed by atoms with E-state index >= 15 is 0 Å². The first-order valence-electron chi connectivity index (χ1n) is 4.44. The van der Waals surface area contributed by atoms with Crippen LogP contribution in [0.1, 0.15) is 18.1 Å². The number of nitrogens with zero attached hydrogens (tertiary/aromatic N) is 1. The minimum absolute atomic E-state index is 0.0691. The summed E-state index contributed by atoms with van der Waals surface area (Å²) in [6.07, 6.45) is 1.70. The van der Waals surface area contributed by atoms with Crippen LogP contribution in [0.5, 0.6) is 0 Å². The Morgan fingerprint density at radius 3 is 3.07 bits per heavy atom. The fourth-order valence-corrected chi connectivity index (χ4v) is 1.30. The zero-order valence-electron chi connectivity index (χ0n) is 8.70. The normalized spacial score (nSPS) is 9.20. The number of thioether (sulfide) groups is 1. The van der Waals surface area contributed by atoms with Crippen molar-refractivity contribution in [3.63, 3.8) is 0 Å². The number of rotatable bonds is 1. The van der Waals surface area contributed by atoms with E-state index in [1.165, 1.54) is 18.7 Å². The number of nitrogens with two attached hydrogens (primary N) is 1. The molecule has 0 saturated heterocycles. The highest BCUT2D eigenvalue weighted by Crippen LogP contribution is 2.08. The molecule has 0 aliphatic rings. The largest absolute Gasteiger partial charge is 0.383 e. The number of hydrogen-bond donors (Lipinski definition) is 1. The van der Waals surface area contributed by atoms with Gasteiger partial charge in [0.15, 0.2) is 5.12 Å². The first-order valence-corrected chi connectivity index (χ1v) is 5.42. The van der Waals surface area contributed by atoms with Crippen LogP contribution in [0.15, 0.2) is 12.3 Å². The third-order valence-corrected chi connectivity index (χ3v) is 2.32. The Labute approximate surface area is 93.5 Å². The number of nitrogen functional groups attached to an aromatic ring is 1. The lowest BCUT2D eigenvalue weighted by Gasteiger charge is -1.97. The van der Waals surface area contributed by atoms with E-state index in [-0.39, 0.29) is 5.12 Å². The van der Waals surface area contributed by atoms with Crippen molar-refractivity contribution in [2.75, 3.05) is 11.5 Å². The predicted octanol–water partition coefficient (Wildman–Crippen LogP) is 1.60.